The van der Waals surface area contributed by atoms with Crippen LogP contribution in [0.5, 0.6) is 0 Å². The van der Waals surface area contributed by atoms with E-state index in [1.807, 2.05) is 0 Å². The van der Waals surface area contributed by atoms with Gasteiger partial charge in [-0.3, -0.25) is 4.79 Å². The highest BCUT2D eigenvalue weighted by molar-refractivity contribution is 5.94. The predicted molar refractivity (Wildman–Crippen MR) is 36.5 cm³/mol. The first-order chi connectivity index (χ1) is 4.73. The zero-order valence-corrected chi connectivity index (χ0v) is 5.97. The highest BCUT2D eigenvalue weighted by Crippen LogP contribution is 2.45. The molecule has 2 rings (SSSR count). The Labute approximate surface area is 60.2 Å². The van der Waals surface area contributed by atoms with Gasteiger partial charge in [-0.15, -0.1) is 0 Å². The van der Waals surface area contributed by atoms with E-state index >= 15 is 0 Å². The standard InChI is InChI=1S/C8H12O2/c9-7-5-6-3-1-2-4-8(6,7)10/h6,10H,1-5H2. The van der Waals surface area contributed by atoms with Gasteiger partial charge in [0, 0.05) is 12.3 Å². The normalized spacial score (nSPS) is 46.1. The van der Waals surface area contributed by atoms with Gasteiger partial charge in [0.2, 0.25) is 0 Å². The van der Waals surface area contributed by atoms with Crippen LogP contribution in [0.2, 0.25) is 0 Å². The van der Waals surface area contributed by atoms with Gasteiger partial charge in [-0.05, 0) is 12.8 Å². The van der Waals surface area contributed by atoms with Crippen LogP contribution in [0.15, 0.2) is 0 Å². The molecule has 2 atom stereocenters. The van der Waals surface area contributed by atoms with Crippen molar-refractivity contribution < 1.29 is 9.90 Å². The molecule has 2 heteroatoms. The summed E-state index contributed by atoms with van der Waals surface area (Å²) < 4.78 is 0. The summed E-state index contributed by atoms with van der Waals surface area (Å²) in [5.41, 5.74) is -0.863. The molecule has 2 unspecified atom stereocenters. The Bertz CT molecular complexity index is 176. The molecule has 0 aromatic carbocycles. The molecule has 2 aliphatic rings. The lowest BCUT2D eigenvalue weighted by Gasteiger charge is -2.46. The summed E-state index contributed by atoms with van der Waals surface area (Å²) in [7, 11) is 0. The van der Waals surface area contributed by atoms with Gasteiger partial charge in [-0.25, -0.2) is 0 Å². The maximum absolute atomic E-state index is 10.9. The van der Waals surface area contributed by atoms with Crippen molar-refractivity contribution in [1.82, 2.24) is 0 Å². The van der Waals surface area contributed by atoms with Gasteiger partial charge in [-0.1, -0.05) is 12.8 Å². The maximum Gasteiger partial charge on any atom is 0.165 e. The van der Waals surface area contributed by atoms with Crippen LogP contribution in [0.25, 0.3) is 0 Å². The number of carbonyl (C=O) groups excluding carboxylic acids is 1. The minimum Gasteiger partial charge on any atom is -0.382 e. The highest BCUT2D eigenvalue weighted by atomic mass is 16.3. The summed E-state index contributed by atoms with van der Waals surface area (Å²) in [5, 5.41) is 9.65. The molecular formula is C8H12O2. The Hall–Kier alpha value is -0.370. The topological polar surface area (TPSA) is 37.3 Å². The van der Waals surface area contributed by atoms with E-state index in [-0.39, 0.29) is 5.78 Å². The summed E-state index contributed by atoms with van der Waals surface area (Å²) >= 11 is 0. The highest BCUT2D eigenvalue weighted by Gasteiger charge is 2.53. The maximum atomic E-state index is 10.9. The molecule has 0 aromatic rings. The number of carbonyl (C=O) groups is 1. The predicted octanol–water partition coefficient (Wildman–Crippen LogP) is 0.880. The van der Waals surface area contributed by atoms with Crippen LogP contribution in [0.1, 0.15) is 32.1 Å². The first-order valence-corrected chi connectivity index (χ1v) is 3.99. The van der Waals surface area contributed by atoms with Crippen LogP contribution < -0.4 is 0 Å². The van der Waals surface area contributed by atoms with E-state index in [0.717, 1.165) is 19.3 Å². The third-order valence-corrected chi connectivity index (χ3v) is 2.95. The SMILES string of the molecule is O=C1CC2CCCCC12O. The summed E-state index contributed by atoms with van der Waals surface area (Å²) in [4.78, 5) is 10.9. The van der Waals surface area contributed by atoms with E-state index < -0.39 is 5.60 Å². The van der Waals surface area contributed by atoms with Crippen molar-refractivity contribution in [3.05, 3.63) is 0 Å². The fraction of sp³-hybridized carbons (Fsp3) is 0.875. The van der Waals surface area contributed by atoms with Crippen molar-refractivity contribution in [2.75, 3.05) is 0 Å². The molecule has 0 amide bonds. The first-order valence-electron chi connectivity index (χ1n) is 3.99. The minimum absolute atomic E-state index is 0.0807. The van der Waals surface area contributed by atoms with E-state index in [0.29, 0.717) is 12.3 Å². The molecule has 0 saturated heterocycles. The van der Waals surface area contributed by atoms with E-state index in [4.69, 9.17) is 0 Å². The number of ketones is 1. The van der Waals surface area contributed by atoms with E-state index in [1.165, 1.54) is 6.42 Å². The summed E-state index contributed by atoms with van der Waals surface area (Å²) in [5.74, 6) is 0.394. The molecule has 10 heavy (non-hydrogen) atoms. The molecule has 0 aliphatic heterocycles. The lowest BCUT2D eigenvalue weighted by Crippen LogP contribution is -2.57. The fourth-order valence-corrected chi connectivity index (χ4v) is 2.14. The summed E-state index contributed by atoms with van der Waals surface area (Å²) in [6.45, 7) is 0. The second kappa shape index (κ2) is 1.82. The van der Waals surface area contributed by atoms with E-state index in [2.05, 4.69) is 0 Å². The molecule has 0 bridgehead atoms. The van der Waals surface area contributed by atoms with Gasteiger partial charge < -0.3 is 5.11 Å². The lowest BCUT2D eigenvalue weighted by molar-refractivity contribution is -0.168. The number of rotatable bonds is 0. The van der Waals surface area contributed by atoms with Gasteiger partial charge in [0.1, 0.15) is 5.60 Å². The van der Waals surface area contributed by atoms with Crippen LogP contribution in [0.3, 0.4) is 0 Å². The van der Waals surface area contributed by atoms with Gasteiger partial charge in [0.25, 0.3) is 0 Å². The lowest BCUT2D eigenvalue weighted by atomic mass is 9.61. The molecular weight excluding hydrogens is 128 g/mol. The largest absolute Gasteiger partial charge is 0.382 e. The molecule has 0 aromatic heterocycles. The molecule has 0 heterocycles. The average molecular weight is 140 g/mol. The molecule has 0 radical (unpaired) electrons. The number of hydrogen-bond acceptors (Lipinski definition) is 2. The van der Waals surface area contributed by atoms with Crippen molar-refractivity contribution in [3.63, 3.8) is 0 Å². The third-order valence-electron chi connectivity index (χ3n) is 2.95. The van der Waals surface area contributed by atoms with Crippen LogP contribution in [-0.2, 0) is 4.79 Å². The second-order valence-electron chi connectivity index (χ2n) is 3.49. The smallest absolute Gasteiger partial charge is 0.165 e. The Morgan fingerprint density at radius 3 is 2.80 bits per heavy atom. The van der Waals surface area contributed by atoms with Crippen molar-refractivity contribution in [2.24, 2.45) is 5.92 Å². The van der Waals surface area contributed by atoms with Crippen molar-refractivity contribution >= 4 is 5.78 Å². The van der Waals surface area contributed by atoms with Crippen LogP contribution in [-0.4, -0.2) is 16.5 Å². The zero-order valence-electron chi connectivity index (χ0n) is 5.97. The molecule has 2 saturated carbocycles. The number of fused-ring (bicyclic) bond motifs is 1. The molecule has 2 nitrogen and oxygen atoms in total. The van der Waals surface area contributed by atoms with Crippen LogP contribution in [0.4, 0.5) is 0 Å². The first kappa shape index (κ1) is 6.35. The minimum atomic E-state index is -0.863. The number of hydrogen-bond donors (Lipinski definition) is 1. The van der Waals surface area contributed by atoms with Gasteiger partial charge in [-0.2, -0.15) is 0 Å². The summed E-state index contributed by atoms with van der Waals surface area (Å²) in [6, 6.07) is 0. The van der Waals surface area contributed by atoms with Crippen LogP contribution in [0, 0.1) is 5.92 Å². The monoisotopic (exact) mass is 140 g/mol. The van der Waals surface area contributed by atoms with Crippen molar-refractivity contribution in [2.45, 2.75) is 37.7 Å². The molecule has 2 fully saturated rings. The molecule has 56 valence electrons. The number of Topliss-reactive ketones (excluding diaryl/α,β-unsaturated/α-hetero) is 1. The molecule has 1 N–H and O–H groups in total. The second-order valence-corrected chi connectivity index (χ2v) is 3.49. The fourth-order valence-electron chi connectivity index (χ4n) is 2.14. The van der Waals surface area contributed by atoms with Gasteiger partial charge in [0.15, 0.2) is 5.78 Å². The molecule has 0 spiro atoms. The Morgan fingerprint density at radius 2 is 2.30 bits per heavy atom. The Balaban J connectivity index is 2.15. The van der Waals surface area contributed by atoms with Gasteiger partial charge >= 0.3 is 0 Å². The van der Waals surface area contributed by atoms with E-state index in [1.54, 1.807) is 0 Å². The van der Waals surface area contributed by atoms with Crippen LogP contribution >= 0.6 is 0 Å². The number of aliphatic hydroxyl groups is 1. The Kier molecular flexibility index (Phi) is 1.15. The van der Waals surface area contributed by atoms with E-state index in [9.17, 15) is 9.90 Å². The van der Waals surface area contributed by atoms with Crippen molar-refractivity contribution in [3.8, 4) is 0 Å². The summed E-state index contributed by atoms with van der Waals surface area (Å²) in [6.07, 6.45) is 4.63. The molecule has 2 aliphatic carbocycles. The van der Waals surface area contributed by atoms with Crippen molar-refractivity contribution in [1.29, 1.82) is 0 Å². The van der Waals surface area contributed by atoms with Gasteiger partial charge in [0.05, 0.1) is 0 Å². The quantitative estimate of drug-likeness (QED) is 0.542. The third kappa shape index (κ3) is 0.601. The average Bonchev–Trinajstić information content (AvgIpc) is 1.93. The Morgan fingerprint density at radius 1 is 1.50 bits per heavy atom. The zero-order chi connectivity index (χ0) is 7.19.